The summed E-state index contributed by atoms with van der Waals surface area (Å²) < 4.78 is 26.0. The van der Waals surface area contributed by atoms with Crippen molar-refractivity contribution in [3.63, 3.8) is 0 Å². The SMILES string of the molecule is Nc1ccc(NC2CC2c2ccccc2)c(C(F)F)c1. The predicted molar refractivity (Wildman–Crippen MR) is 77.0 cm³/mol. The van der Waals surface area contributed by atoms with Crippen molar-refractivity contribution in [3.8, 4) is 0 Å². The Kier molecular flexibility index (Phi) is 3.30. The van der Waals surface area contributed by atoms with Gasteiger partial charge < -0.3 is 11.1 Å². The number of nitrogen functional groups attached to an aromatic ring is 1. The lowest BCUT2D eigenvalue weighted by Gasteiger charge is -2.12. The molecule has 1 aliphatic rings. The fourth-order valence-electron chi connectivity index (χ4n) is 2.52. The zero-order valence-electron chi connectivity index (χ0n) is 10.9. The molecule has 0 aliphatic heterocycles. The van der Waals surface area contributed by atoms with Crippen LogP contribution in [0, 0.1) is 0 Å². The van der Waals surface area contributed by atoms with Crippen molar-refractivity contribution < 1.29 is 8.78 Å². The Morgan fingerprint density at radius 1 is 1.10 bits per heavy atom. The number of nitrogens with two attached hydrogens (primary N) is 1. The van der Waals surface area contributed by atoms with E-state index in [0.717, 1.165) is 6.42 Å². The van der Waals surface area contributed by atoms with E-state index in [1.54, 1.807) is 12.1 Å². The second-order valence-electron chi connectivity index (χ2n) is 5.15. The predicted octanol–water partition coefficient (Wildman–Crippen LogP) is 4.17. The van der Waals surface area contributed by atoms with Crippen LogP contribution in [0.5, 0.6) is 0 Å². The van der Waals surface area contributed by atoms with Crippen LogP contribution in [0.3, 0.4) is 0 Å². The van der Waals surface area contributed by atoms with Crippen molar-refractivity contribution in [3.05, 3.63) is 59.7 Å². The summed E-state index contributed by atoms with van der Waals surface area (Å²) in [6.45, 7) is 0. The Morgan fingerprint density at radius 2 is 1.85 bits per heavy atom. The summed E-state index contributed by atoms with van der Waals surface area (Å²) in [5.74, 6) is 0.402. The van der Waals surface area contributed by atoms with E-state index in [1.165, 1.54) is 11.6 Å². The summed E-state index contributed by atoms with van der Waals surface area (Å²) in [7, 11) is 0. The van der Waals surface area contributed by atoms with E-state index in [1.807, 2.05) is 18.2 Å². The molecule has 4 heteroatoms. The fraction of sp³-hybridized carbons (Fsp3) is 0.250. The van der Waals surface area contributed by atoms with Crippen molar-refractivity contribution in [2.75, 3.05) is 11.1 Å². The van der Waals surface area contributed by atoms with Gasteiger partial charge in [0, 0.05) is 28.9 Å². The molecule has 2 aromatic carbocycles. The monoisotopic (exact) mass is 274 g/mol. The number of benzene rings is 2. The standard InChI is InChI=1S/C16H16F2N2/c17-16(18)13-8-11(19)6-7-14(13)20-15-9-12(15)10-4-2-1-3-5-10/h1-8,12,15-16,20H,9,19H2. The molecule has 0 heterocycles. The molecule has 0 amide bonds. The molecule has 1 aliphatic carbocycles. The third kappa shape index (κ3) is 2.59. The van der Waals surface area contributed by atoms with Crippen molar-refractivity contribution in [1.29, 1.82) is 0 Å². The molecule has 3 rings (SSSR count). The van der Waals surface area contributed by atoms with Gasteiger partial charge in [0.2, 0.25) is 0 Å². The molecule has 0 bridgehead atoms. The molecule has 2 nitrogen and oxygen atoms in total. The first-order valence-corrected chi connectivity index (χ1v) is 6.64. The molecule has 20 heavy (non-hydrogen) atoms. The first-order valence-electron chi connectivity index (χ1n) is 6.64. The third-order valence-corrected chi connectivity index (χ3v) is 3.67. The lowest BCUT2D eigenvalue weighted by molar-refractivity contribution is 0.152. The summed E-state index contributed by atoms with van der Waals surface area (Å²) in [5.41, 5.74) is 7.64. The van der Waals surface area contributed by atoms with Crippen molar-refractivity contribution in [1.82, 2.24) is 0 Å². The Labute approximate surface area is 116 Å². The first-order chi connectivity index (χ1) is 9.65. The highest BCUT2D eigenvalue weighted by molar-refractivity contribution is 5.60. The topological polar surface area (TPSA) is 38.0 Å². The lowest BCUT2D eigenvalue weighted by atomic mass is 10.1. The Balaban J connectivity index is 1.74. The second-order valence-corrected chi connectivity index (χ2v) is 5.15. The molecule has 0 radical (unpaired) electrons. The first kappa shape index (κ1) is 12.9. The van der Waals surface area contributed by atoms with E-state index in [9.17, 15) is 8.78 Å². The van der Waals surface area contributed by atoms with Gasteiger partial charge in [-0.2, -0.15) is 0 Å². The number of hydrogen-bond donors (Lipinski definition) is 2. The van der Waals surface area contributed by atoms with Crippen LogP contribution in [-0.2, 0) is 0 Å². The summed E-state index contributed by atoms with van der Waals surface area (Å²) >= 11 is 0. The van der Waals surface area contributed by atoms with Crippen molar-refractivity contribution in [2.45, 2.75) is 24.8 Å². The number of hydrogen-bond acceptors (Lipinski definition) is 2. The van der Waals surface area contributed by atoms with Gasteiger partial charge in [-0.25, -0.2) is 8.78 Å². The van der Waals surface area contributed by atoms with E-state index >= 15 is 0 Å². The third-order valence-electron chi connectivity index (χ3n) is 3.67. The quantitative estimate of drug-likeness (QED) is 0.821. The maximum Gasteiger partial charge on any atom is 0.265 e. The molecule has 3 N–H and O–H groups in total. The summed E-state index contributed by atoms with van der Waals surface area (Å²) in [6.07, 6.45) is -1.55. The number of anilines is 2. The molecule has 2 atom stereocenters. The van der Waals surface area contributed by atoms with Crippen LogP contribution in [-0.4, -0.2) is 6.04 Å². The molecule has 0 saturated heterocycles. The van der Waals surface area contributed by atoms with Crippen LogP contribution in [0.2, 0.25) is 0 Å². The molecular weight excluding hydrogens is 258 g/mol. The number of halogens is 2. The number of nitrogens with one attached hydrogen (secondary N) is 1. The minimum Gasteiger partial charge on any atom is -0.399 e. The Morgan fingerprint density at radius 3 is 2.55 bits per heavy atom. The highest BCUT2D eigenvalue weighted by Crippen LogP contribution is 2.44. The zero-order chi connectivity index (χ0) is 14.1. The van der Waals surface area contributed by atoms with E-state index in [-0.39, 0.29) is 11.6 Å². The van der Waals surface area contributed by atoms with Gasteiger partial charge in [0.15, 0.2) is 0 Å². The summed E-state index contributed by atoms with van der Waals surface area (Å²) in [4.78, 5) is 0. The molecule has 2 unspecified atom stereocenters. The highest BCUT2D eigenvalue weighted by Gasteiger charge is 2.38. The fourth-order valence-corrected chi connectivity index (χ4v) is 2.52. The normalized spacial score (nSPS) is 20.9. The summed E-state index contributed by atoms with van der Waals surface area (Å²) in [5, 5.41) is 3.21. The van der Waals surface area contributed by atoms with Gasteiger partial charge >= 0.3 is 0 Å². The maximum atomic E-state index is 13.0. The van der Waals surface area contributed by atoms with Crippen LogP contribution < -0.4 is 11.1 Å². The molecule has 0 spiro atoms. The summed E-state index contributed by atoms with van der Waals surface area (Å²) in [6, 6.07) is 15.0. The van der Waals surface area contributed by atoms with Crippen LogP contribution in [0.15, 0.2) is 48.5 Å². The van der Waals surface area contributed by atoms with Gasteiger partial charge in [-0.05, 0) is 30.2 Å². The largest absolute Gasteiger partial charge is 0.399 e. The van der Waals surface area contributed by atoms with Gasteiger partial charge in [0.05, 0.1) is 0 Å². The van der Waals surface area contributed by atoms with E-state index < -0.39 is 6.43 Å². The number of rotatable bonds is 4. The average molecular weight is 274 g/mol. The minimum absolute atomic E-state index is 0.0243. The highest BCUT2D eigenvalue weighted by atomic mass is 19.3. The smallest absolute Gasteiger partial charge is 0.265 e. The molecule has 1 fully saturated rings. The molecule has 2 aromatic rings. The molecule has 1 saturated carbocycles. The van der Waals surface area contributed by atoms with Gasteiger partial charge in [-0.3, -0.25) is 0 Å². The van der Waals surface area contributed by atoms with E-state index in [4.69, 9.17) is 5.73 Å². The maximum absolute atomic E-state index is 13.0. The van der Waals surface area contributed by atoms with Gasteiger partial charge in [0.1, 0.15) is 0 Å². The van der Waals surface area contributed by atoms with Crippen molar-refractivity contribution in [2.24, 2.45) is 0 Å². The zero-order valence-corrected chi connectivity index (χ0v) is 10.9. The average Bonchev–Trinajstić information content (AvgIpc) is 3.21. The Hall–Kier alpha value is -2.10. The second kappa shape index (κ2) is 5.12. The number of alkyl halides is 2. The van der Waals surface area contributed by atoms with Gasteiger partial charge in [0.25, 0.3) is 6.43 Å². The lowest BCUT2D eigenvalue weighted by Crippen LogP contribution is -2.07. The minimum atomic E-state index is -2.52. The van der Waals surface area contributed by atoms with Crippen LogP contribution >= 0.6 is 0 Å². The molecule has 104 valence electrons. The molecular formula is C16H16F2N2. The molecule has 0 aromatic heterocycles. The van der Waals surface area contributed by atoms with Crippen molar-refractivity contribution >= 4 is 11.4 Å². The van der Waals surface area contributed by atoms with Crippen LogP contribution in [0.1, 0.15) is 29.9 Å². The van der Waals surface area contributed by atoms with E-state index in [2.05, 4.69) is 17.4 Å². The van der Waals surface area contributed by atoms with Crippen LogP contribution in [0.25, 0.3) is 0 Å². The van der Waals surface area contributed by atoms with Gasteiger partial charge in [-0.15, -0.1) is 0 Å². The van der Waals surface area contributed by atoms with E-state index in [0.29, 0.717) is 17.3 Å². The van der Waals surface area contributed by atoms with Gasteiger partial charge in [-0.1, -0.05) is 30.3 Å². The van der Waals surface area contributed by atoms with Crippen LogP contribution in [0.4, 0.5) is 20.2 Å². The Bertz CT molecular complexity index is 599.